The summed E-state index contributed by atoms with van der Waals surface area (Å²) in [7, 11) is 1.20. The zero-order chi connectivity index (χ0) is 15.3. The summed E-state index contributed by atoms with van der Waals surface area (Å²) in [6.45, 7) is 5.93. The van der Waals surface area contributed by atoms with Gasteiger partial charge in [0.1, 0.15) is 5.82 Å². The van der Waals surface area contributed by atoms with Crippen LogP contribution < -0.4 is 10.6 Å². The van der Waals surface area contributed by atoms with Gasteiger partial charge in [-0.05, 0) is 38.6 Å². The van der Waals surface area contributed by atoms with Crippen molar-refractivity contribution in [2.24, 2.45) is 0 Å². The number of hydrogen-bond acceptors (Lipinski definition) is 4. The number of likely N-dealkylation sites (N-methyl/N-ethyl adjacent to an activating group) is 1. The average molecular weight is 282 g/mol. The molecule has 0 spiro atoms. The van der Waals surface area contributed by atoms with Gasteiger partial charge in [-0.25, -0.2) is 9.18 Å². The van der Waals surface area contributed by atoms with Gasteiger partial charge in [0, 0.05) is 0 Å². The second kappa shape index (κ2) is 6.47. The van der Waals surface area contributed by atoms with Gasteiger partial charge in [0.25, 0.3) is 0 Å². The molecule has 0 saturated carbocycles. The zero-order valence-electron chi connectivity index (χ0n) is 12.0. The highest BCUT2D eigenvalue weighted by atomic mass is 19.1. The number of halogens is 1. The summed E-state index contributed by atoms with van der Waals surface area (Å²) < 4.78 is 17.8. The Morgan fingerprint density at radius 1 is 1.35 bits per heavy atom. The van der Waals surface area contributed by atoms with Crippen molar-refractivity contribution < 1.29 is 18.7 Å². The van der Waals surface area contributed by atoms with E-state index in [0.717, 1.165) is 6.07 Å². The first-order valence-electron chi connectivity index (χ1n) is 6.26. The lowest BCUT2D eigenvalue weighted by Gasteiger charge is -2.24. The van der Waals surface area contributed by atoms with E-state index in [4.69, 9.17) is 0 Å². The first kappa shape index (κ1) is 16.1. The highest BCUT2D eigenvalue weighted by Gasteiger charge is 2.27. The fourth-order valence-electron chi connectivity index (χ4n) is 1.71. The molecule has 0 aliphatic rings. The molecule has 0 unspecified atom stereocenters. The Labute approximate surface area is 117 Å². The Bertz CT molecular complexity index is 515. The van der Waals surface area contributed by atoms with Crippen LogP contribution in [0.2, 0.25) is 0 Å². The minimum Gasteiger partial charge on any atom is -0.465 e. The number of nitrogens with one attached hydrogen (secondary N) is 2. The van der Waals surface area contributed by atoms with Crippen molar-refractivity contribution in [2.75, 3.05) is 19.0 Å². The predicted molar refractivity (Wildman–Crippen MR) is 74.1 cm³/mol. The summed E-state index contributed by atoms with van der Waals surface area (Å²) in [6, 6.07) is 3.53. The number of hydrogen-bond donors (Lipinski definition) is 2. The molecule has 0 heterocycles. The minimum atomic E-state index is -0.809. The first-order chi connectivity index (χ1) is 9.31. The number of anilines is 1. The quantitative estimate of drug-likeness (QED) is 0.810. The van der Waals surface area contributed by atoms with Gasteiger partial charge in [0.05, 0.1) is 23.9 Å². The molecule has 20 heavy (non-hydrogen) atoms. The van der Waals surface area contributed by atoms with E-state index >= 15 is 0 Å². The van der Waals surface area contributed by atoms with E-state index in [-0.39, 0.29) is 17.2 Å². The van der Waals surface area contributed by atoms with E-state index in [1.54, 1.807) is 13.8 Å². The van der Waals surface area contributed by atoms with Crippen LogP contribution >= 0.6 is 0 Å². The van der Waals surface area contributed by atoms with Crippen LogP contribution in [0.25, 0.3) is 0 Å². The van der Waals surface area contributed by atoms with Crippen molar-refractivity contribution in [1.29, 1.82) is 0 Å². The Hall–Kier alpha value is -1.95. The Morgan fingerprint density at radius 3 is 2.55 bits per heavy atom. The molecule has 1 aromatic carbocycles. The van der Waals surface area contributed by atoms with E-state index in [1.165, 1.54) is 19.2 Å². The van der Waals surface area contributed by atoms with Crippen LogP contribution in [-0.4, -0.2) is 31.1 Å². The topological polar surface area (TPSA) is 67.4 Å². The molecule has 1 aromatic rings. The number of carbonyl (C=O) groups is 2. The summed E-state index contributed by atoms with van der Waals surface area (Å²) in [6.07, 6.45) is 0. The van der Waals surface area contributed by atoms with Crippen LogP contribution in [0.3, 0.4) is 0 Å². The maximum Gasteiger partial charge on any atom is 0.340 e. The smallest absolute Gasteiger partial charge is 0.340 e. The monoisotopic (exact) mass is 282 g/mol. The molecule has 0 atom stereocenters. The van der Waals surface area contributed by atoms with E-state index in [0.29, 0.717) is 6.54 Å². The van der Waals surface area contributed by atoms with Gasteiger partial charge in [0.2, 0.25) is 5.91 Å². The molecule has 1 amide bonds. The SMILES string of the molecule is CCNC(C)(C)C(=O)Nc1ccc(F)cc1C(=O)OC. The number of benzene rings is 1. The predicted octanol–water partition coefficient (Wildman–Crippen LogP) is 1.94. The maximum absolute atomic E-state index is 13.2. The van der Waals surface area contributed by atoms with Gasteiger partial charge in [-0.2, -0.15) is 0 Å². The summed E-state index contributed by atoms with van der Waals surface area (Å²) in [4.78, 5) is 23.7. The van der Waals surface area contributed by atoms with Gasteiger partial charge in [-0.1, -0.05) is 6.92 Å². The van der Waals surface area contributed by atoms with Gasteiger partial charge in [0.15, 0.2) is 0 Å². The van der Waals surface area contributed by atoms with Crippen LogP contribution in [0.4, 0.5) is 10.1 Å². The lowest BCUT2D eigenvalue weighted by Crippen LogP contribution is -2.49. The zero-order valence-corrected chi connectivity index (χ0v) is 12.0. The fourth-order valence-corrected chi connectivity index (χ4v) is 1.71. The third-order valence-electron chi connectivity index (χ3n) is 2.82. The van der Waals surface area contributed by atoms with Gasteiger partial charge < -0.3 is 15.4 Å². The molecule has 2 N–H and O–H groups in total. The van der Waals surface area contributed by atoms with Gasteiger partial charge in [-0.3, -0.25) is 4.79 Å². The third kappa shape index (κ3) is 3.77. The third-order valence-corrected chi connectivity index (χ3v) is 2.82. The highest BCUT2D eigenvalue weighted by molar-refractivity contribution is 6.03. The number of carbonyl (C=O) groups excluding carboxylic acids is 2. The van der Waals surface area contributed by atoms with Crippen molar-refractivity contribution in [3.8, 4) is 0 Å². The molecule has 6 heteroatoms. The summed E-state index contributed by atoms with van der Waals surface area (Å²) >= 11 is 0. The number of amides is 1. The number of esters is 1. The normalized spacial score (nSPS) is 11.1. The van der Waals surface area contributed by atoms with Crippen LogP contribution in [0.15, 0.2) is 18.2 Å². The van der Waals surface area contributed by atoms with E-state index < -0.39 is 17.3 Å². The molecule has 0 radical (unpaired) electrons. The largest absolute Gasteiger partial charge is 0.465 e. The van der Waals surface area contributed by atoms with Crippen LogP contribution in [0.5, 0.6) is 0 Å². The minimum absolute atomic E-state index is 0.0202. The Balaban J connectivity index is 3.03. The van der Waals surface area contributed by atoms with E-state index in [2.05, 4.69) is 15.4 Å². The molecule has 1 rings (SSSR count). The first-order valence-corrected chi connectivity index (χ1v) is 6.26. The van der Waals surface area contributed by atoms with E-state index in [1.807, 2.05) is 6.92 Å². The number of rotatable bonds is 5. The van der Waals surface area contributed by atoms with Gasteiger partial charge >= 0.3 is 5.97 Å². The molecular formula is C14H19FN2O3. The number of methoxy groups -OCH3 is 1. The summed E-state index contributed by atoms with van der Waals surface area (Å²) in [5, 5.41) is 5.62. The van der Waals surface area contributed by atoms with Gasteiger partial charge in [-0.15, -0.1) is 0 Å². The Morgan fingerprint density at radius 2 is 2.00 bits per heavy atom. The fraction of sp³-hybridized carbons (Fsp3) is 0.429. The second-order valence-electron chi connectivity index (χ2n) is 4.79. The Kier molecular flexibility index (Phi) is 5.21. The van der Waals surface area contributed by atoms with E-state index in [9.17, 15) is 14.0 Å². The second-order valence-corrected chi connectivity index (χ2v) is 4.79. The summed E-state index contributed by atoms with van der Waals surface area (Å²) in [5.74, 6) is -1.61. The average Bonchev–Trinajstić information content (AvgIpc) is 2.39. The standard InChI is InChI=1S/C14H19FN2O3/c1-5-16-14(2,3)13(19)17-11-7-6-9(15)8-10(11)12(18)20-4/h6-8,16H,5H2,1-4H3,(H,17,19). The van der Waals surface area contributed by atoms with Crippen molar-refractivity contribution >= 4 is 17.6 Å². The van der Waals surface area contributed by atoms with Crippen molar-refractivity contribution in [3.63, 3.8) is 0 Å². The van der Waals surface area contributed by atoms with Crippen molar-refractivity contribution in [1.82, 2.24) is 5.32 Å². The molecule has 0 saturated heterocycles. The summed E-state index contributed by atoms with van der Waals surface area (Å²) in [5.41, 5.74) is -0.612. The molecule has 110 valence electrons. The van der Waals surface area contributed by atoms with Crippen LogP contribution in [-0.2, 0) is 9.53 Å². The maximum atomic E-state index is 13.2. The molecule has 0 aliphatic heterocycles. The van der Waals surface area contributed by atoms with Crippen LogP contribution in [0, 0.1) is 5.82 Å². The molecular weight excluding hydrogens is 263 g/mol. The molecule has 0 bridgehead atoms. The molecule has 0 aromatic heterocycles. The van der Waals surface area contributed by atoms with Crippen molar-refractivity contribution in [3.05, 3.63) is 29.6 Å². The lowest BCUT2D eigenvalue weighted by molar-refractivity contribution is -0.121. The van der Waals surface area contributed by atoms with Crippen LogP contribution in [0.1, 0.15) is 31.1 Å². The highest BCUT2D eigenvalue weighted by Crippen LogP contribution is 2.19. The molecule has 0 fully saturated rings. The van der Waals surface area contributed by atoms with Crippen molar-refractivity contribution in [2.45, 2.75) is 26.3 Å². The lowest BCUT2D eigenvalue weighted by atomic mass is 10.0. The number of ether oxygens (including phenoxy) is 1. The molecule has 5 nitrogen and oxygen atoms in total. The molecule has 0 aliphatic carbocycles.